The van der Waals surface area contributed by atoms with E-state index in [9.17, 15) is 0 Å². The fraction of sp³-hybridized carbons (Fsp3) is 0.636. The largest absolute Gasteiger partial charge is 1.00 e. The summed E-state index contributed by atoms with van der Waals surface area (Å²) in [4.78, 5) is 0. The van der Waals surface area contributed by atoms with Gasteiger partial charge in [0.2, 0.25) is 0 Å². The van der Waals surface area contributed by atoms with Crippen molar-refractivity contribution < 1.29 is 12.4 Å². The van der Waals surface area contributed by atoms with Crippen molar-refractivity contribution in [2.75, 3.05) is 6.54 Å². The van der Waals surface area contributed by atoms with E-state index < -0.39 is 0 Å². The van der Waals surface area contributed by atoms with Gasteiger partial charge < -0.3 is 22.3 Å². The molecule has 1 aromatic heterocycles. The lowest BCUT2D eigenvalue weighted by Crippen LogP contribution is -3.00. The van der Waals surface area contributed by atoms with E-state index in [2.05, 4.69) is 42.2 Å². The van der Waals surface area contributed by atoms with Gasteiger partial charge in [0, 0.05) is 25.5 Å². The molecule has 0 aliphatic carbocycles. The molecular formula is C11H20ClN2-. The Bertz CT molecular complexity index is 233. The zero-order valence-electron chi connectivity index (χ0n) is 9.09. The van der Waals surface area contributed by atoms with Crippen molar-refractivity contribution >= 4 is 0 Å². The highest BCUT2D eigenvalue weighted by Crippen LogP contribution is 1.98. The van der Waals surface area contributed by atoms with Crippen molar-refractivity contribution in [2.24, 2.45) is 7.05 Å². The van der Waals surface area contributed by atoms with Crippen LogP contribution in [0.15, 0.2) is 18.3 Å². The van der Waals surface area contributed by atoms with Crippen LogP contribution in [0.3, 0.4) is 0 Å². The molecular weight excluding hydrogens is 196 g/mol. The molecule has 0 aromatic carbocycles. The van der Waals surface area contributed by atoms with Gasteiger partial charge in [0.1, 0.15) is 0 Å². The first-order chi connectivity index (χ1) is 6.34. The van der Waals surface area contributed by atoms with Crippen LogP contribution in [-0.2, 0) is 13.6 Å². The van der Waals surface area contributed by atoms with Crippen LogP contribution in [0.5, 0.6) is 0 Å². The van der Waals surface area contributed by atoms with E-state index in [1.165, 1.54) is 25.0 Å². The number of aryl methyl sites for hydroxylation is 1. The molecule has 0 saturated heterocycles. The van der Waals surface area contributed by atoms with E-state index in [4.69, 9.17) is 0 Å². The van der Waals surface area contributed by atoms with Crippen molar-refractivity contribution in [3.05, 3.63) is 24.0 Å². The van der Waals surface area contributed by atoms with Crippen LogP contribution in [0.1, 0.15) is 31.9 Å². The Kier molecular flexibility index (Phi) is 7.63. The number of unbranched alkanes of at least 4 members (excludes halogenated alkanes) is 2. The molecule has 3 heteroatoms. The topological polar surface area (TPSA) is 17.0 Å². The summed E-state index contributed by atoms with van der Waals surface area (Å²) in [6.07, 6.45) is 6.01. The molecule has 1 aromatic rings. The lowest BCUT2D eigenvalue weighted by atomic mass is 10.2. The molecule has 0 spiro atoms. The Morgan fingerprint density at radius 1 is 1.36 bits per heavy atom. The van der Waals surface area contributed by atoms with E-state index in [0.29, 0.717) is 0 Å². The van der Waals surface area contributed by atoms with Crippen LogP contribution in [0.4, 0.5) is 0 Å². The maximum absolute atomic E-state index is 3.44. The van der Waals surface area contributed by atoms with Gasteiger partial charge in [-0.1, -0.05) is 19.8 Å². The first kappa shape index (κ1) is 13.5. The highest BCUT2D eigenvalue weighted by atomic mass is 35.5. The quantitative estimate of drug-likeness (QED) is 0.622. The van der Waals surface area contributed by atoms with Crippen LogP contribution < -0.4 is 17.7 Å². The van der Waals surface area contributed by atoms with Gasteiger partial charge >= 0.3 is 0 Å². The highest BCUT2D eigenvalue weighted by Gasteiger charge is 1.94. The standard InChI is InChI=1S/C11H20N2.ClH/c1-3-4-5-8-12-10-11-7-6-9-13(11)2;/h6-7,9,12H,3-5,8,10H2,1-2H3;1H/p-1. The summed E-state index contributed by atoms with van der Waals surface area (Å²) in [5, 5.41) is 3.44. The maximum atomic E-state index is 3.44. The zero-order valence-corrected chi connectivity index (χ0v) is 9.85. The minimum Gasteiger partial charge on any atom is -1.00 e. The second-order valence-electron chi connectivity index (χ2n) is 3.49. The summed E-state index contributed by atoms with van der Waals surface area (Å²) >= 11 is 0. The van der Waals surface area contributed by atoms with Gasteiger partial charge in [-0.25, -0.2) is 0 Å². The molecule has 0 amide bonds. The van der Waals surface area contributed by atoms with Gasteiger partial charge in [-0.15, -0.1) is 0 Å². The normalized spacial score (nSPS) is 9.86. The average Bonchev–Trinajstić information content (AvgIpc) is 2.52. The van der Waals surface area contributed by atoms with Crippen molar-refractivity contribution in [1.29, 1.82) is 0 Å². The third-order valence-electron chi connectivity index (χ3n) is 2.31. The first-order valence-electron chi connectivity index (χ1n) is 5.15. The molecule has 0 unspecified atom stereocenters. The molecule has 14 heavy (non-hydrogen) atoms. The highest BCUT2D eigenvalue weighted by molar-refractivity contribution is 5.05. The molecule has 1 rings (SSSR count). The average molecular weight is 216 g/mol. The molecule has 82 valence electrons. The minimum atomic E-state index is 0. The molecule has 0 bridgehead atoms. The number of halogens is 1. The second-order valence-corrected chi connectivity index (χ2v) is 3.49. The number of nitrogens with zero attached hydrogens (tertiary/aromatic N) is 1. The number of rotatable bonds is 6. The lowest BCUT2D eigenvalue weighted by molar-refractivity contribution is -0.00000292. The maximum Gasteiger partial charge on any atom is 0.0359 e. The van der Waals surface area contributed by atoms with Gasteiger partial charge in [0.25, 0.3) is 0 Å². The van der Waals surface area contributed by atoms with Gasteiger partial charge in [0.15, 0.2) is 0 Å². The van der Waals surface area contributed by atoms with Crippen molar-refractivity contribution in [3.8, 4) is 0 Å². The summed E-state index contributed by atoms with van der Waals surface area (Å²) < 4.78 is 2.16. The van der Waals surface area contributed by atoms with Crippen LogP contribution in [0.25, 0.3) is 0 Å². The van der Waals surface area contributed by atoms with E-state index >= 15 is 0 Å². The van der Waals surface area contributed by atoms with Crippen molar-refractivity contribution in [3.63, 3.8) is 0 Å². The number of aromatic nitrogens is 1. The molecule has 0 aliphatic rings. The van der Waals surface area contributed by atoms with Crippen LogP contribution in [0.2, 0.25) is 0 Å². The second kappa shape index (κ2) is 7.89. The SMILES string of the molecule is CCCCCNCc1cccn1C.[Cl-]. The van der Waals surface area contributed by atoms with Crippen LogP contribution in [0, 0.1) is 0 Å². The van der Waals surface area contributed by atoms with Gasteiger partial charge in [-0.3, -0.25) is 0 Å². The molecule has 1 N–H and O–H groups in total. The Balaban J connectivity index is 0.00000169. The zero-order chi connectivity index (χ0) is 9.52. The predicted octanol–water partition coefficient (Wildman–Crippen LogP) is -0.691. The number of nitrogens with one attached hydrogen (secondary N) is 1. The van der Waals surface area contributed by atoms with Gasteiger partial charge in [0.05, 0.1) is 0 Å². The number of hydrogen-bond acceptors (Lipinski definition) is 1. The Morgan fingerprint density at radius 3 is 2.71 bits per heavy atom. The van der Waals surface area contributed by atoms with E-state index in [0.717, 1.165) is 13.1 Å². The smallest absolute Gasteiger partial charge is 0.0359 e. The fourth-order valence-electron chi connectivity index (χ4n) is 1.40. The summed E-state index contributed by atoms with van der Waals surface area (Å²) in [7, 11) is 2.09. The monoisotopic (exact) mass is 215 g/mol. The third kappa shape index (κ3) is 4.68. The van der Waals surface area contributed by atoms with Crippen molar-refractivity contribution in [2.45, 2.75) is 32.7 Å². The Labute approximate surface area is 93.1 Å². The Hall–Kier alpha value is -0.470. The molecule has 0 atom stereocenters. The molecule has 0 radical (unpaired) electrons. The number of hydrogen-bond donors (Lipinski definition) is 1. The minimum absolute atomic E-state index is 0. The van der Waals surface area contributed by atoms with Crippen LogP contribution >= 0.6 is 0 Å². The molecule has 0 aliphatic heterocycles. The van der Waals surface area contributed by atoms with Gasteiger partial charge in [-0.05, 0) is 25.1 Å². The lowest BCUT2D eigenvalue weighted by Gasteiger charge is -2.05. The molecule has 2 nitrogen and oxygen atoms in total. The summed E-state index contributed by atoms with van der Waals surface area (Å²) in [5.41, 5.74) is 1.36. The van der Waals surface area contributed by atoms with Gasteiger partial charge in [-0.2, -0.15) is 0 Å². The summed E-state index contributed by atoms with van der Waals surface area (Å²) in [6, 6.07) is 4.25. The van der Waals surface area contributed by atoms with Crippen LogP contribution in [-0.4, -0.2) is 11.1 Å². The van der Waals surface area contributed by atoms with Crippen molar-refractivity contribution in [1.82, 2.24) is 9.88 Å². The summed E-state index contributed by atoms with van der Waals surface area (Å²) in [6.45, 7) is 4.36. The van der Waals surface area contributed by atoms with E-state index in [1.807, 2.05) is 0 Å². The van der Waals surface area contributed by atoms with E-state index in [1.54, 1.807) is 0 Å². The Morgan fingerprint density at radius 2 is 2.14 bits per heavy atom. The van der Waals surface area contributed by atoms with E-state index in [-0.39, 0.29) is 12.4 Å². The predicted molar refractivity (Wildman–Crippen MR) is 56.6 cm³/mol. The first-order valence-corrected chi connectivity index (χ1v) is 5.15. The molecule has 1 heterocycles. The summed E-state index contributed by atoms with van der Waals surface area (Å²) in [5.74, 6) is 0. The molecule has 0 saturated carbocycles. The molecule has 0 fully saturated rings. The fourth-order valence-corrected chi connectivity index (χ4v) is 1.40. The third-order valence-corrected chi connectivity index (χ3v) is 2.31.